The second kappa shape index (κ2) is 42.3. The van der Waals surface area contributed by atoms with Crippen molar-refractivity contribution in [2.24, 2.45) is 87.1 Å². The summed E-state index contributed by atoms with van der Waals surface area (Å²) in [7, 11) is -11.8. The normalized spacial score (nSPS) is 33.6. The fourth-order valence-corrected chi connectivity index (χ4v) is 24.6. The number of ether oxygens (including phenoxy) is 4. The minimum atomic E-state index is -3.98. The average molecular weight is 2000 g/mol. The van der Waals surface area contributed by atoms with E-state index in [-0.39, 0.29) is 148 Å². The summed E-state index contributed by atoms with van der Waals surface area (Å²) < 4.78 is 131. The first-order valence-corrected chi connectivity index (χ1v) is 53.7. The lowest BCUT2D eigenvalue weighted by Gasteiger charge is -2.32. The van der Waals surface area contributed by atoms with Crippen LogP contribution >= 0.6 is 0 Å². The average Bonchev–Trinajstić information content (AvgIpc) is 1.57. The number of nitrogens with two attached hydrogens (primary N) is 1. The number of benzene rings is 2. The van der Waals surface area contributed by atoms with Crippen molar-refractivity contribution in [2.75, 3.05) is 30.3 Å². The summed E-state index contributed by atoms with van der Waals surface area (Å²) in [6.07, 6.45) is 16.3. The number of hydrogen-bond donors (Lipinski definition) is 7. The van der Waals surface area contributed by atoms with Crippen molar-refractivity contribution in [2.45, 2.75) is 339 Å². The highest BCUT2D eigenvalue weighted by Gasteiger charge is 2.67. The summed E-state index contributed by atoms with van der Waals surface area (Å²) >= 11 is 0. The first-order chi connectivity index (χ1) is 64.7. The van der Waals surface area contributed by atoms with E-state index >= 15 is 0 Å². The number of Topliss-reactive ketones (excluding diaryl/α,β-unsaturated/α-hetero) is 3. The molecule has 0 bridgehead atoms. The van der Waals surface area contributed by atoms with E-state index in [1.54, 1.807) is 62.3 Å². The van der Waals surface area contributed by atoms with Gasteiger partial charge in [0.25, 0.3) is 0 Å². The zero-order valence-electron chi connectivity index (χ0n) is 82.7. The number of amides is 8. The molecule has 768 valence electrons. The molecule has 8 amide bonds. The minimum Gasteiger partial charge on any atom is -0.460 e. The molecule has 6 saturated carbocycles. The molecule has 2 aromatic carbocycles. The Morgan fingerprint density at radius 1 is 0.439 bits per heavy atom. The summed E-state index contributed by atoms with van der Waals surface area (Å²) in [6, 6.07) is 6.20. The predicted molar refractivity (Wildman–Crippen MR) is 511 cm³/mol. The van der Waals surface area contributed by atoms with Gasteiger partial charge in [-0.25, -0.2) is 43.6 Å². The zero-order valence-corrected chi connectivity index (χ0v) is 85.2. The number of anilines is 2. The van der Waals surface area contributed by atoms with E-state index in [1.807, 2.05) is 57.2 Å². The Morgan fingerprint density at radius 3 is 1.04 bits per heavy atom. The molecule has 14 rings (SSSR count). The van der Waals surface area contributed by atoms with Crippen LogP contribution in [0.5, 0.6) is 0 Å². The first-order valence-electron chi connectivity index (χ1n) is 49.3. The number of fused-ring (bicyclic) bond motifs is 6. The van der Waals surface area contributed by atoms with Gasteiger partial charge < -0.3 is 44.5 Å². The Kier molecular flexibility index (Phi) is 33.0. The molecule has 38 heteroatoms. The zero-order chi connectivity index (χ0) is 102. The second-order valence-corrected chi connectivity index (χ2v) is 51.6. The number of esters is 2. The molecule has 3 saturated heterocycles. The van der Waals surface area contributed by atoms with Gasteiger partial charge in [-0.1, -0.05) is 78.0 Å². The highest BCUT2D eigenvalue weighted by molar-refractivity contribution is 7.92. The Bertz CT molecular complexity index is 5460. The summed E-state index contributed by atoms with van der Waals surface area (Å²) in [4.78, 5) is 181. The second-order valence-electron chi connectivity index (χ2n) is 45.0. The Labute approximate surface area is 815 Å². The Balaban J connectivity index is 0.000000188. The molecule has 6 aliphatic carbocycles. The number of carbonyl (C=O) groups is 13. The summed E-state index contributed by atoms with van der Waals surface area (Å²) in [5, 5.41) is 15.6. The van der Waals surface area contributed by atoms with Crippen LogP contribution in [-0.4, -0.2) is 210 Å². The fraction of sp³-hybridized carbons (Fsp3) is 0.693. The molecule has 3 unspecified atom stereocenters. The molecule has 0 radical (unpaired) electrons. The Morgan fingerprint density at radius 2 is 0.734 bits per heavy atom. The van der Waals surface area contributed by atoms with Crippen molar-refractivity contribution in [1.29, 1.82) is 0 Å². The maximum absolute atomic E-state index is 14.6. The van der Waals surface area contributed by atoms with Gasteiger partial charge in [0.15, 0.2) is 17.3 Å². The van der Waals surface area contributed by atoms with Gasteiger partial charge in [-0.15, -0.1) is 0 Å². The van der Waals surface area contributed by atoms with E-state index in [2.05, 4.69) is 45.6 Å². The fourth-order valence-electron chi connectivity index (χ4n) is 20.6. The molecule has 21 atom stereocenters. The number of carbonyl (C=O) groups excluding carboxylic acids is 13. The number of rotatable bonds is 17. The van der Waals surface area contributed by atoms with Gasteiger partial charge in [0.05, 0.1) is 98.5 Å². The molecule has 6 heterocycles. The van der Waals surface area contributed by atoms with Crippen molar-refractivity contribution < 1.29 is 120 Å². The molecule has 0 spiro atoms. The SMILES string of the molecule is CC1CC/C=C\[C@@H]2C[C@@]2(C(=O)NS(=O)(=O)C2(C)CC2)CC(=O)[C@@H]2C[C@@H](O)CN2C(=O)[C@@H](CC(=O)OC(C)(C)C)[C@H](C)C1.CC1CC/C=C\[C@@H]2C[C@@]2(C(=O)NS(=O)(=O)C2(C)CC2)CC(=O)[C@@H]2C[C@@H](OC(=O)Nc3ccc(F)cc3)CN2C(=O)[C@@H](CC(=O)OC(C)(C)C)[C@H](C)C1.CC1CC/C=C\[C@@H]2C[C@@]2(C(=O)NS(=O)(=O)C2(C)CC2)CC(=O)[C@@H]2C[C@@H](OC(=O)Nc3ccc(F)cc3)CN2C(=O)[C@@H](N)[C@H](C)C1. The molecule has 0 aromatic heterocycles. The number of sulfonamides is 3. The molecular formula is C101H143F2N9O24S3. The summed E-state index contributed by atoms with van der Waals surface area (Å²) in [6.45, 7) is 27.0. The van der Waals surface area contributed by atoms with Crippen LogP contribution in [-0.2, 0) is 102 Å². The third-order valence-corrected chi connectivity index (χ3v) is 37.1. The molecular weight excluding hydrogens is 1860 g/mol. The molecule has 139 heavy (non-hydrogen) atoms. The predicted octanol–water partition coefficient (Wildman–Crippen LogP) is 12.6. The van der Waals surface area contributed by atoms with E-state index in [9.17, 15) is 101 Å². The van der Waals surface area contributed by atoms with Gasteiger partial charge in [-0.2, -0.15) is 0 Å². The van der Waals surface area contributed by atoms with Crippen LogP contribution in [0.3, 0.4) is 0 Å². The van der Waals surface area contributed by atoms with Crippen molar-refractivity contribution >= 4 is 118 Å². The van der Waals surface area contributed by atoms with Crippen LogP contribution in [0.25, 0.3) is 0 Å². The van der Waals surface area contributed by atoms with Crippen molar-refractivity contribution in [3.63, 3.8) is 0 Å². The van der Waals surface area contributed by atoms with Gasteiger partial charge in [0.1, 0.15) is 35.0 Å². The van der Waals surface area contributed by atoms with Crippen molar-refractivity contribution in [1.82, 2.24) is 28.9 Å². The van der Waals surface area contributed by atoms with Gasteiger partial charge in [0, 0.05) is 56.4 Å². The van der Waals surface area contributed by atoms with E-state index in [0.29, 0.717) is 82.7 Å². The summed E-state index contributed by atoms with van der Waals surface area (Å²) in [5.41, 5.74) is 1.73. The first kappa shape index (κ1) is 108. The van der Waals surface area contributed by atoms with E-state index in [4.69, 9.17) is 24.7 Å². The van der Waals surface area contributed by atoms with E-state index in [1.165, 1.54) is 63.2 Å². The maximum Gasteiger partial charge on any atom is 0.411 e. The monoisotopic (exact) mass is 2000 g/mol. The smallest absolute Gasteiger partial charge is 0.411 e. The number of hydrogen-bond acceptors (Lipinski definition) is 25. The van der Waals surface area contributed by atoms with Gasteiger partial charge >= 0.3 is 24.1 Å². The molecule has 12 aliphatic rings. The van der Waals surface area contributed by atoms with Crippen molar-refractivity contribution in [3.8, 4) is 0 Å². The van der Waals surface area contributed by atoms with Crippen LogP contribution in [0.1, 0.15) is 271 Å². The Hall–Kier alpha value is -9.40. The molecule has 9 fully saturated rings. The number of aliphatic hydroxyl groups is 1. The van der Waals surface area contributed by atoms with Gasteiger partial charge in [0.2, 0.25) is 65.5 Å². The van der Waals surface area contributed by atoms with Crippen LogP contribution in [0.15, 0.2) is 85.0 Å². The lowest BCUT2D eigenvalue weighted by Crippen LogP contribution is -2.52. The number of allylic oxidation sites excluding steroid dienone is 6. The number of ketones is 3. The quantitative estimate of drug-likeness (QED) is 0.0439. The third-order valence-electron chi connectivity index (χ3n) is 30.6. The molecule has 33 nitrogen and oxygen atoms in total. The summed E-state index contributed by atoms with van der Waals surface area (Å²) in [5.74, 6) is -9.23. The molecule has 8 N–H and O–H groups in total. The highest BCUT2D eigenvalue weighted by atomic mass is 32.2. The van der Waals surface area contributed by atoms with E-state index in [0.717, 1.165) is 32.1 Å². The molecule has 6 aliphatic heterocycles. The number of halogens is 2. The van der Waals surface area contributed by atoms with Crippen molar-refractivity contribution in [3.05, 3.63) is 96.6 Å². The third kappa shape index (κ3) is 26.6. The highest BCUT2D eigenvalue weighted by Crippen LogP contribution is 2.61. The minimum absolute atomic E-state index is 0.00646. The molecule has 2 aromatic rings. The van der Waals surface area contributed by atoms with Crippen LogP contribution in [0.4, 0.5) is 29.7 Å². The topological polar surface area (TPSA) is 477 Å². The van der Waals surface area contributed by atoms with E-state index < -0.39 is 203 Å². The van der Waals surface area contributed by atoms with Crippen LogP contribution in [0.2, 0.25) is 0 Å². The van der Waals surface area contributed by atoms with Crippen LogP contribution in [0, 0.1) is 93.0 Å². The van der Waals surface area contributed by atoms with Gasteiger partial charge in [-0.05, 0) is 280 Å². The standard InChI is InChI=1S/C38H52FN3O9S.C32H43FN4O7S.C31H48N2O8S/c1-23-9-7-8-10-25-20-38(25,34(46)41-52(48,49)37(6)15-16-37)21-31(43)30-18-28(50-35(47)40-27-13-11-26(39)12-14-27)22-42(30)33(45)29(24(2)17-23)19-32(44)51-36(3,4)5;1-19-6-4-5-7-21-16-32(21,29(40)36-45(42,43)31(3)12-13-31)17-26(38)25-15-24(18-37(25)28(39)27(34)20(2)14-19)44-30(41)35-23-10-8-22(33)9-11-23;1-19-9-7-8-10-21-16-31(21,28(38)32-42(39,40)30(6)11-12-30)17-25(35)24-14-22(34)18-33(24)27(37)23(20(2)13-19)15-26(36)41-29(3,4)5/h8,10-14,23-25,28-30H,7,9,15-22H2,1-6H3,(H,40,47)(H,41,46);5,7-11,19-21,24-25,27H,4,6,12-18,34H2,1-3H3,(H,35,41)(H,36,40);8,10,19-24,34H,7,9,11-18H2,1-6H3,(H,32,38)/b10-8-;7-5-;10-8-/t23?,24-,25-,28-,29+,30+,38-;19?,20-,21-,24-,25+,27+,32-;19?,20-,21-,22-,23+,24+,31-/m111/s1. The van der Waals surface area contributed by atoms with Gasteiger partial charge in [-0.3, -0.25) is 77.5 Å². The maximum atomic E-state index is 14.6. The largest absolute Gasteiger partial charge is 0.460 e. The number of nitrogens with zero attached hydrogens (tertiary/aromatic N) is 3. The van der Waals surface area contributed by atoms with Crippen LogP contribution < -0.4 is 30.5 Å². The number of nitrogens with one attached hydrogen (secondary N) is 5. The number of aliphatic hydroxyl groups excluding tert-OH is 1. The lowest BCUT2D eigenvalue weighted by atomic mass is 9.82. The lowest BCUT2D eigenvalue weighted by molar-refractivity contribution is -0.160.